The van der Waals surface area contributed by atoms with Crippen molar-refractivity contribution in [1.82, 2.24) is 0 Å². The summed E-state index contributed by atoms with van der Waals surface area (Å²) in [6, 6.07) is 31.8. The maximum atomic E-state index is 10.2. The molecule has 4 aromatic carbocycles. The summed E-state index contributed by atoms with van der Waals surface area (Å²) in [5, 5.41) is 28.8. The van der Waals surface area contributed by atoms with Crippen molar-refractivity contribution in [2.24, 2.45) is 0 Å². The number of aromatic hydroxyl groups is 1. The molecule has 0 saturated carbocycles. The molecule has 0 spiro atoms. The zero-order valence-corrected chi connectivity index (χ0v) is 24.4. The Kier molecular flexibility index (Phi) is 10.4. The molecule has 4 rings (SSSR count). The van der Waals surface area contributed by atoms with E-state index in [-0.39, 0.29) is 25.0 Å². The Morgan fingerprint density at radius 1 is 0.625 bits per heavy atom. The number of phenolic OH excluding ortho intramolecular Hbond substituents is 1. The van der Waals surface area contributed by atoms with Crippen molar-refractivity contribution in [1.29, 1.82) is 10.5 Å². The zero-order chi connectivity index (χ0) is 28.8. The molecule has 0 aliphatic heterocycles. The first-order valence-electron chi connectivity index (χ1n) is 12.9. The normalized spacial score (nSPS) is 10.7. The van der Waals surface area contributed by atoms with E-state index in [4.69, 9.17) is 10.00 Å². The Labute approximate surface area is 241 Å². The third-order valence-corrected chi connectivity index (χ3v) is 6.55. The van der Waals surface area contributed by atoms with Gasteiger partial charge in [0.25, 0.3) is 0 Å². The van der Waals surface area contributed by atoms with E-state index in [0.717, 1.165) is 27.8 Å². The lowest BCUT2D eigenvalue weighted by molar-refractivity contribution is 0.414. The Morgan fingerprint density at radius 3 is 1.43 bits per heavy atom. The van der Waals surface area contributed by atoms with Crippen molar-refractivity contribution >= 4 is 8.41 Å². The Balaban J connectivity index is 0.000000274. The number of rotatable bonds is 3. The van der Waals surface area contributed by atoms with Crippen molar-refractivity contribution < 1.29 is 9.84 Å². The molecule has 40 heavy (non-hydrogen) atoms. The van der Waals surface area contributed by atoms with Crippen molar-refractivity contribution in [3.05, 3.63) is 107 Å². The molecule has 5 heteroatoms. The molecule has 0 saturated heterocycles. The van der Waals surface area contributed by atoms with Crippen LogP contribution in [-0.4, -0.2) is 20.6 Å². The Hall–Kier alpha value is -4.48. The van der Waals surface area contributed by atoms with Gasteiger partial charge in [-0.25, -0.2) is 0 Å². The maximum absolute atomic E-state index is 10.2. The van der Waals surface area contributed by atoms with Crippen LogP contribution < -0.4 is 4.74 Å². The largest absolute Gasteiger partial charge is 0.506 e. The molecule has 0 bridgehead atoms. The van der Waals surface area contributed by atoms with E-state index < -0.39 is 0 Å². The van der Waals surface area contributed by atoms with Gasteiger partial charge in [0.15, 0.2) is 0 Å². The van der Waals surface area contributed by atoms with Crippen LogP contribution in [0.5, 0.6) is 11.5 Å². The third kappa shape index (κ3) is 7.34. The summed E-state index contributed by atoms with van der Waals surface area (Å²) in [6.45, 7) is 12.7. The molecule has 0 heterocycles. The van der Waals surface area contributed by atoms with Gasteiger partial charge in [0.05, 0.1) is 18.2 Å². The van der Waals surface area contributed by atoms with Crippen LogP contribution in [-0.2, 0) is 10.8 Å². The second-order valence-corrected chi connectivity index (χ2v) is 11.5. The second kappa shape index (κ2) is 13.1. The number of phenols is 1. The highest BCUT2D eigenvalue weighted by molar-refractivity contribution is 5.76. The summed E-state index contributed by atoms with van der Waals surface area (Å²) in [4.78, 5) is 0. The highest BCUT2D eigenvalue weighted by Crippen LogP contribution is 2.38. The second-order valence-electron chi connectivity index (χ2n) is 11.5. The Bertz CT molecular complexity index is 1520. The first-order chi connectivity index (χ1) is 18.4. The average Bonchev–Trinajstić information content (AvgIpc) is 2.92. The van der Waals surface area contributed by atoms with Crippen LogP contribution in [0, 0.1) is 22.7 Å². The zero-order valence-electron chi connectivity index (χ0n) is 24.4. The van der Waals surface area contributed by atoms with E-state index in [1.807, 2.05) is 72.8 Å². The van der Waals surface area contributed by atoms with Gasteiger partial charge in [-0.1, -0.05) is 102 Å². The minimum Gasteiger partial charge on any atom is -0.506 e. The van der Waals surface area contributed by atoms with Crippen molar-refractivity contribution in [2.75, 3.05) is 7.11 Å². The fourth-order valence-electron chi connectivity index (χ4n) is 4.19. The van der Waals surface area contributed by atoms with E-state index >= 15 is 0 Å². The van der Waals surface area contributed by atoms with Crippen LogP contribution >= 0.6 is 0 Å². The minimum absolute atomic E-state index is 0. The summed E-state index contributed by atoms with van der Waals surface area (Å²) in [7, 11) is 1.61. The Morgan fingerprint density at radius 2 is 1.02 bits per heavy atom. The number of hydrogen-bond acceptors (Lipinski definition) is 4. The van der Waals surface area contributed by atoms with Gasteiger partial charge in [-0.05, 0) is 57.3 Å². The monoisotopic (exact) mass is 527 g/mol. The lowest BCUT2D eigenvalue weighted by atomic mass is 9.84. The van der Waals surface area contributed by atoms with E-state index in [1.54, 1.807) is 13.2 Å². The first kappa shape index (κ1) is 31.7. The molecule has 4 aromatic rings. The summed E-state index contributed by atoms with van der Waals surface area (Å²) in [6.07, 6.45) is 0. The molecule has 4 nitrogen and oxygen atoms in total. The van der Waals surface area contributed by atoms with Crippen molar-refractivity contribution in [3.63, 3.8) is 0 Å². The molecule has 0 aliphatic rings. The molecule has 0 aromatic heterocycles. The lowest BCUT2D eigenvalue weighted by Crippen LogP contribution is -2.12. The third-order valence-electron chi connectivity index (χ3n) is 6.55. The van der Waals surface area contributed by atoms with Crippen LogP contribution in [0.1, 0.15) is 63.8 Å². The predicted octanol–water partition coefficient (Wildman–Crippen LogP) is 8.38. The van der Waals surface area contributed by atoms with Crippen LogP contribution in [0.25, 0.3) is 22.3 Å². The summed E-state index contributed by atoms with van der Waals surface area (Å²) >= 11 is 0. The van der Waals surface area contributed by atoms with Gasteiger partial charge >= 0.3 is 0 Å². The smallest absolute Gasteiger partial charge is 0.144 e. The molecule has 0 amide bonds. The van der Waals surface area contributed by atoms with E-state index in [0.29, 0.717) is 22.4 Å². The van der Waals surface area contributed by atoms with Crippen molar-refractivity contribution in [2.45, 2.75) is 52.4 Å². The van der Waals surface area contributed by atoms with Crippen LogP contribution in [0.3, 0.4) is 0 Å². The number of nitrogens with zero attached hydrogens (tertiary/aromatic N) is 2. The van der Waals surface area contributed by atoms with Crippen molar-refractivity contribution in [3.8, 4) is 45.9 Å². The van der Waals surface area contributed by atoms with E-state index in [2.05, 4.69) is 59.7 Å². The molecule has 0 fully saturated rings. The molecule has 0 atom stereocenters. The number of hydrogen-bond donors (Lipinski definition) is 1. The van der Waals surface area contributed by atoms with Crippen LogP contribution in [0.15, 0.2) is 84.9 Å². The van der Waals surface area contributed by atoms with Gasteiger partial charge in [-0.3, -0.25) is 0 Å². The van der Waals surface area contributed by atoms with Gasteiger partial charge in [-0.2, -0.15) is 10.5 Å². The van der Waals surface area contributed by atoms with Gasteiger partial charge in [0.1, 0.15) is 23.6 Å². The molecule has 1 N–H and O–H groups in total. The molecular formula is C35H36BN2O2. The fourth-order valence-corrected chi connectivity index (χ4v) is 4.19. The maximum Gasteiger partial charge on any atom is 0.144 e. The number of methoxy groups -OCH3 is 1. The molecule has 3 radical (unpaired) electrons. The quantitative estimate of drug-likeness (QED) is 0.272. The molecule has 201 valence electrons. The standard InChI is InChI=1S/C18H19NO.C17H17NO.B/c1-18(2,3)15-10-14(12-19)17(20-4)16(11-15)13-8-6-5-7-9-13;1-17(2,3)14-9-13(11-18)16(19)15(10-14)12-7-5-4-6-8-12;/h5-11H,1-4H3;4-10,19H,1-3H3;. The van der Waals surface area contributed by atoms with Gasteiger partial charge in [-0.15, -0.1) is 0 Å². The highest BCUT2D eigenvalue weighted by atomic mass is 16.5. The lowest BCUT2D eigenvalue weighted by Gasteiger charge is -2.22. The van der Waals surface area contributed by atoms with E-state index in [1.165, 1.54) is 0 Å². The van der Waals surface area contributed by atoms with Gasteiger partial charge in [0.2, 0.25) is 0 Å². The molecule has 0 aliphatic carbocycles. The number of benzene rings is 4. The summed E-state index contributed by atoms with van der Waals surface area (Å²) < 4.78 is 5.47. The average molecular weight is 527 g/mol. The molecular weight excluding hydrogens is 491 g/mol. The molecule has 0 unspecified atom stereocenters. The fraction of sp³-hybridized carbons (Fsp3) is 0.257. The SMILES string of the molecule is CC(C)(C)c1cc(C#N)c(O)c(-c2ccccc2)c1.COc1c(C#N)cc(C(C)(C)C)cc1-c1ccccc1.[B]. The number of ether oxygens (including phenoxy) is 1. The van der Waals surface area contributed by atoms with E-state index in [9.17, 15) is 10.4 Å². The topological polar surface area (TPSA) is 77.0 Å². The van der Waals surface area contributed by atoms with Crippen LogP contribution in [0.2, 0.25) is 0 Å². The first-order valence-corrected chi connectivity index (χ1v) is 12.9. The summed E-state index contributed by atoms with van der Waals surface area (Å²) in [5.74, 6) is 0.702. The number of nitriles is 2. The summed E-state index contributed by atoms with van der Waals surface area (Å²) in [5.41, 5.74) is 6.67. The van der Waals surface area contributed by atoms with Gasteiger partial charge < -0.3 is 9.84 Å². The van der Waals surface area contributed by atoms with Crippen LogP contribution in [0.4, 0.5) is 0 Å². The minimum atomic E-state index is -0.0666. The predicted molar refractivity (Wildman–Crippen MR) is 165 cm³/mol. The van der Waals surface area contributed by atoms with Gasteiger partial charge in [0, 0.05) is 19.5 Å². The highest BCUT2D eigenvalue weighted by Gasteiger charge is 2.21.